The van der Waals surface area contributed by atoms with Gasteiger partial charge in [0.25, 0.3) is 0 Å². The molecular formula is C21H21N5O2. The third-order valence-corrected chi connectivity index (χ3v) is 4.51. The number of ether oxygens (including phenoxy) is 2. The minimum Gasteiger partial charge on any atom is -0.493 e. The molecule has 0 aliphatic heterocycles. The largest absolute Gasteiger partial charge is 0.493 e. The summed E-state index contributed by atoms with van der Waals surface area (Å²) in [6, 6.07) is 11.6. The summed E-state index contributed by atoms with van der Waals surface area (Å²) in [6.45, 7) is 4.77. The van der Waals surface area contributed by atoms with Crippen molar-refractivity contribution in [1.82, 2.24) is 19.9 Å². The number of nitrogens with two attached hydrogens (primary N) is 1. The van der Waals surface area contributed by atoms with Crippen molar-refractivity contribution in [3.63, 3.8) is 0 Å². The second-order valence-electron chi connectivity index (χ2n) is 6.30. The number of hydrogen-bond donors (Lipinski definition) is 1. The lowest BCUT2D eigenvalue weighted by molar-refractivity contribution is 0.344. The topological polar surface area (TPSA) is 96.0 Å². The molecule has 2 N–H and O–H groups in total. The predicted octanol–water partition coefficient (Wildman–Crippen LogP) is 3.41. The van der Waals surface area contributed by atoms with Crippen LogP contribution in [0.3, 0.4) is 0 Å². The Morgan fingerprint density at radius 2 is 1.86 bits per heavy atom. The van der Waals surface area contributed by atoms with E-state index in [1.165, 1.54) is 0 Å². The van der Waals surface area contributed by atoms with Crippen molar-refractivity contribution < 1.29 is 9.47 Å². The van der Waals surface area contributed by atoms with Crippen molar-refractivity contribution >= 4 is 21.8 Å². The first-order valence-corrected chi connectivity index (χ1v) is 9.09. The highest BCUT2D eigenvalue weighted by molar-refractivity contribution is 5.90. The van der Waals surface area contributed by atoms with Gasteiger partial charge in [-0.25, -0.2) is 15.0 Å². The minimum atomic E-state index is 0.253. The van der Waals surface area contributed by atoms with Crippen molar-refractivity contribution in [3.8, 4) is 23.0 Å². The fourth-order valence-corrected chi connectivity index (χ4v) is 3.27. The van der Waals surface area contributed by atoms with Gasteiger partial charge in [0.05, 0.1) is 47.8 Å². The van der Waals surface area contributed by atoms with Gasteiger partial charge in [0.2, 0.25) is 5.88 Å². The maximum Gasteiger partial charge on any atom is 0.224 e. The van der Waals surface area contributed by atoms with Crippen LogP contribution in [0, 0.1) is 6.92 Å². The van der Waals surface area contributed by atoms with Gasteiger partial charge >= 0.3 is 0 Å². The van der Waals surface area contributed by atoms with E-state index in [0.717, 1.165) is 38.8 Å². The standard InChI is InChI=1S/C21H21N5O2/c1-4-28-17-7-5-6-16-19(17)12(2)23-20(25-16)13-8-9-15-14(10-13)21(27-3)26-18(11-22)24-15/h5-10H,4,11,22H2,1-3H3. The van der Waals surface area contributed by atoms with Crippen molar-refractivity contribution in [2.75, 3.05) is 13.7 Å². The molecule has 4 aromatic rings. The Balaban J connectivity index is 1.89. The molecule has 0 fully saturated rings. The fraction of sp³-hybridized carbons (Fsp3) is 0.238. The Morgan fingerprint density at radius 1 is 1.00 bits per heavy atom. The van der Waals surface area contributed by atoms with Crippen LogP contribution in [0.1, 0.15) is 18.4 Å². The summed E-state index contributed by atoms with van der Waals surface area (Å²) in [7, 11) is 1.58. The van der Waals surface area contributed by atoms with Crippen LogP contribution in [0.25, 0.3) is 33.2 Å². The SMILES string of the molecule is CCOc1cccc2nc(-c3ccc4nc(CN)nc(OC)c4c3)nc(C)c12. The lowest BCUT2D eigenvalue weighted by atomic mass is 10.1. The molecule has 0 saturated heterocycles. The van der Waals surface area contributed by atoms with Gasteiger partial charge in [-0.15, -0.1) is 0 Å². The number of aryl methyl sites for hydroxylation is 1. The maximum atomic E-state index is 5.73. The van der Waals surface area contributed by atoms with E-state index in [9.17, 15) is 0 Å². The molecule has 0 radical (unpaired) electrons. The van der Waals surface area contributed by atoms with Crippen molar-refractivity contribution in [3.05, 3.63) is 47.9 Å². The highest BCUT2D eigenvalue weighted by atomic mass is 16.5. The molecule has 2 heterocycles. The maximum absolute atomic E-state index is 5.73. The van der Waals surface area contributed by atoms with Gasteiger partial charge in [0.15, 0.2) is 5.82 Å². The minimum absolute atomic E-state index is 0.253. The molecule has 0 bridgehead atoms. The molecule has 142 valence electrons. The van der Waals surface area contributed by atoms with Gasteiger partial charge in [-0.3, -0.25) is 0 Å². The van der Waals surface area contributed by atoms with Crippen LogP contribution in [0.4, 0.5) is 0 Å². The lowest BCUT2D eigenvalue weighted by Crippen LogP contribution is -2.05. The van der Waals surface area contributed by atoms with Gasteiger partial charge in [-0.1, -0.05) is 6.07 Å². The molecular weight excluding hydrogens is 354 g/mol. The third kappa shape index (κ3) is 3.10. The summed E-state index contributed by atoms with van der Waals surface area (Å²) >= 11 is 0. The van der Waals surface area contributed by atoms with Gasteiger partial charge in [-0.2, -0.15) is 4.98 Å². The normalized spacial score (nSPS) is 11.1. The molecule has 0 unspecified atom stereocenters. The number of nitrogens with zero attached hydrogens (tertiary/aromatic N) is 4. The first-order valence-electron chi connectivity index (χ1n) is 9.09. The Kier molecular flexibility index (Phi) is 4.75. The number of hydrogen-bond acceptors (Lipinski definition) is 7. The Labute approximate surface area is 162 Å². The Morgan fingerprint density at radius 3 is 2.61 bits per heavy atom. The quantitative estimate of drug-likeness (QED) is 0.571. The summed E-state index contributed by atoms with van der Waals surface area (Å²) in [5.41, 5.74) is 9.02. The van der Waals surface area contributed by atoms with E-state index in [2.05, 4.69) is 9.97 Å². The summed E-state index contributed by atoms with van der Waals surface area (Å²) in [5.74, 6) is 2.46. The summed E-state index contributed by atoms with van der Waals surface area (Å²) in [4.78, 5) is 18.3. The van der Waals surface area contributed by atoms with Crippen LogP contribution >= 0.6 is 0 Å². The molecule has 0 aliphatic carbocycles. The van der Waals surface area contributed by atoms with Crippen molar-refractivity contribution in [1.29, 1.82) is 0 Å². The van der Waals surface area contributed by atoms with E-state index in [1.54, 1.807) is 7.11 Å². The van der Waals surface area contributed by atoms with E-state index in [0.29, 0.717) is 24.1 Å². The number of fused-ring (bicyclic) bond motifs is 2. The number of rotatable bonds is 5. The zero-order valence-corrected chi connectivity index (χ0v) is 16.1. The first kappa shape index (κ1) is 18.1. The molecule has 7 nitrogen and oxygen atoms in total. The molecule has 0 atom stereocenters. The summed E-state index contributed by atoms with van der Waals surface area (Å²) in [5, 5.41) is 1.73. The second kappa shape index (κ2) is 7.36. The highest BCUT2D eigenvalue weighted by Gasteiger charge is 2.14. The molecule has 0 saturated carbocycles. The third-order valence-electron chi connectivity index (χ3n) is 4.51. The average Bonchev–Trinajstić information content (AvgIpc) is 2.72. The van der Waals surface area contributed by atoms with Crippen molar-refractivity contribution in [2.24, 2.45) is 5.73 Å². The Hall–Kier alpha value is -3.32. The molecule has 0 amide bonds. The molecule has 0 spiro atoms. The van der Waals surface area contributed by atoms with E-state index in [-0.39, 0.29) is 6.54 Å². The number of benzene rings is 2. The molecule has 0 aliphatic rings. The second-order valence-corrected chi connectivity index (χ2v) is 6.30. The highest BCUT2D eigenvalue weighted by Crippen LogP contribution is 2.31. The zero-order valence-electron chi connectivity index (χ0n) is 16.1. The van der Waals surface area contributed by atoms with Gasteiger partial charge in [0.1, 0.15) is 11.6 Å². The molecule has 7 heteroatoms. The Bertz CT molecular complexity index is 1180. The predicted molar refractivity (Wildman–Crippen MR) is 108 cm³/mol. The summed E-state index contributed by atoms with van der Waals surface area (Å²) in [6.07, 6.45) is 0. The molecule has 28 heavy (non-hydrogen) atoms. The van der Waals surface area contributed by atoms with Gasteiger partial charge < -0.3 is 15.2 Å². The first-order chi connectivity index (χ1) is 13.6. The smallest absolute Gasteiger partial charge is 0.224 e. The number of aromatic nitrogens is 4. The van der Waals surface area contributed by atoms with Crippen LogP contribution in [-0.2, 0) is 6.54 Å². The van der Waals surface area contributed by atoms with Crippen LogP contribution in [0.5, 0.6) is 11.6 Å². The van der Waals surface area contributed by atoms with Gasteiger partial charge in [0, 0.05) is 5.56 Å². The van der Waals surface area contributed by atoms with E-state index < -0.39 is 0 Å². The van der Waals surface area contributed by atoms with E-state index >= 15 is 0 Å². The number of methoxy groups -OCH3 is 1. The van der Waals surface area contributed by atoms with Crippen LogP contribution in [0.15, 0.2) is 36.4 Å². The van der Waals surface area contributed by atoms with Crippen LogP contribution in [-0.4, -0.2) is 33.7 Å². The van der Waals surface area contributed by atoms with Crippen molar-refractivity contribution in [2.45, 2.75) is 20.4 Å². The van der Waals surface area contributed by atoms with E-state index in [1.807, 2.05) is 50.2 Å². The summed E-state index contributed by atoms with van der Waals surface area (Å²) < 4.78 is 11.2. The fourth-order valence-electron chi connectivity index (χ4n) is 3.27. The molecule has 4 rings (SSSR count). The van der Waals surface area contributed by atoms with Crippen LogP contribution < -0.4 is 15.2 Å². The molecule has 2 aromatic heterocycles. The monoisotopic (exact) mass is 375 g/mol. The zero-order chi connectivity index (χ0) is 19.7. The van der Waals surface area contributed by atoms with Crippen LogP contribution in [0.2, 0.25) is 0 Å². The average molecular weight is 375 g/mol. The molecule has 2 aromatic carbocycles. The van der Waals surface area contributed by atoms with E-state index in [4.69, 9.17) is 25.2 Å². The lowest BCUT2D eigenvalue weighted by Gasteiger charge is -2.11. The van der Waals surface area contributed by atoms with Gasteiger partial charge in [-0.05, 0) is 44.2 Å².